The molecule has 0 saturated heterocycles. The van der Waals surface area contributed by atoms with Crippen molar-refractivity contribution in [2.75, 3.05) is 0 Å². The second-order valence-electron chi connectivity index (χ2n) is 13.1. The first kappa shape index (κ1) is 32.3. The van der Waals surface area contributed by atoms with Gasteiger partial charge in [-0.1, -0.05) is 34.1 Å². The van der Waals surface area contributed by atoms with Gasteiger partial charge in [-0.3, -0.25) is 4.89 Å². The number of hydrogen-bond donors (Lipinski definition) is 0. The Morgan fingerprint density at radius 2 is 1.27 bits per heavy atom. The van der Waals surface area contributed by atoms with Crippen molar-refractivity contribution < 1.29 is 34.1 Å². The van der Waals surface area contributed by atoms with Crippen LogP contribution in [-0.2, 0) is 34.1 Å². The van der Waals surface area contributed by atoms with Crippen LogP contribution in [0.4, 0.5) is 0 Å². The highest BCUT2D eigenvalue weighted by Crippen LogP contribution is 2.47. The Bertz CT molecular complexity index is 547. The smallest absolute Gasteiger partial charge is 0.298 e. The van der Waals surface area contributed by atoms with Crippen LogP contribution in [0, 0.1) is 11.3 Å². The average Bonchev–Trinajstić information content (AvgIpc) is 2.59. The summed E-state index contributed by atoms with van der Waals surface area (Å²) in [5.41, 5.74) is -1.06. The van der Waals surface area contributed by atoms with Gasteiger partial charge in [-0.05, 0) is 86.5 Å². The maximum absolute atomic E-state index is 10.9. The van der Waals surface area contributed by atoms with E-state index in [0.717, 1.165) is 32.1 Å². The summed E-state index contributed by atoms with van der Waals surface area (Å²) in [6.07, 6.45) is 4.94. The molecule has 1 rings (SSSR count). The fourth-order valence-corrected chi connectivity index (χ4v) is 3.50. The second kappa shape index (κ2) is 12.8. The molecule has 7 nitrogen and oxygen atoms in total. The quantitative estimate of drug-likeness (QED) is 0.204. The molecule has 33 heavy (non-hydrogen) atoms. The molecule has 1 aliphatic carbocycles. The zero-order valence-corrected chi connectivity index (χ0v) is 23.7. The molecule has 0 spiro atoms. The van der Waals surface area contributed by atoms with Crippen molar-refractivity contribution in [1.29, 1.82) is 0 Å². The van der Waals surface area contributed by atoms with Gasteiger partial charge in [0.25, 0.3) is 0 Å². The van der Waals surface area contributed by atoms with Gasteiger partial charge < -0.3 is 0 Å². The molecule has 0 radical (unpaired) electrons. The highest BCUT2D eigenvalue weighted by atomic mass is 17.3. The molecule has 1 atom stereocenters. The van der Waals surface area contributed by atoms with Crippen LogP contribution in [0.5, 0.6) is 0 Å². The first-order valence-electron chi connectivity index (χ1n) is 12.3. The maximum atomic E-state index is 10.9. The van der Waals surface area contributed by atoms with Gasteiger partial charge in [0, 0.05) is 19.3 Å². The summed E-state index contributed by atoms with van der Waals surface area (Å²) in [6, 6.07) is 0. The highest BCUT2D eigenvalue weighted by molar-refractivity contribution is 5.68. The fraction of sp³-hybridized carbons (Fsp3) is 0.962. The molecule has 0 amide bonds. The molecular formula is C26H52O7. The van der Waals surface area contributed by atoms with Crippen LogP contribution in [0.25, 0.3) is 0 Å². The monoisotopic (exact) mass is 476 g/mol. The molecule has 0 aromatic rings. The SMILES string of the molecule is CC1CC(C)(C)CC(OOC(C)(C)C)(OOC(C)(C)C)C1.CCCCC(=O)OOC(C)(C)C. The Balaban J connectivity index is 0.000000728. The minimum atomic E-state index is -0.846. The van der Waals surface area contributed by atoms with Crippen molar-refractivity contribution in [2.24, 2.45) is 11.3 Å². The maximum Gasteiger partial charge on any atom is 0.342 e. The van der Waals surface area contributed by atoms with E-state index in [-0.39, 0.29) is 22.6 Å². The number of carbonyl (C=O) groups is 1. The Kier molecular flexibility index (Phi) is 12.5. The van der Waals surface area contributed by atoms with Gasteiger partial charge in [-0.2, -0.15) is 14.7 Å². The summed E-state index contributed by atoms with van der Waals surface area (Å²) in [4.78, 5) is 43.0. The van der Waals surface area contributed by atoms with E-state index in [1.54, 1.807) is 0 Å². The lowest BCUT2D eigenvalue weighted by atomic mass is 9.70. The van der Waals surface area contributed by atoms with Crippen molar-refractivity contribution in [3.8, 4) is 0 Å². The summed E-state index contributed by atoms with van der Waals surface area (Å²) in [7, 11) is 0. The van der Waals surface area contributed by atoms with Crippen molar-refractivity contribution in [2.45, 2.75) is 151 Å². The van der Waals surface area contributed by atoms with Crippen LogP contribution in [0.15, 0.2) is 0 Å². The van der Waals surface area contributed by atoms with Crippen molar-refractivity contribution in [1.82, 2.24) is 0 Å². The van der Waals surface area contributed by atoms with Gasteiger partial charge >= 0.3 is 5.97 Å². The number of hydrogen-bond acceptors (Lipinski definition) is 7. The van der Waals surface area contributed by atoms with E-state index in [2.05, 4.69) is 25.7 Å². The highest BCUT2D eigenvalue weighted by Gasteiger charge is 2.48. The summed E-state index contributed by atoms with van der Waals surface area (Å²) >= 11 is 0. The van der Waals surface area contributed by atoms with E-state index in [1.807, 2.05) is 69.2 Å². The van der Waals surface area contributed by atoms with Gasteiger partial charge in [0.2, 0.25) is 5.79 Å². The summed E-state index contributed by atoms with van der Waals surface area (Å²) in [6.45, 7) is 26.0. The minimum Gasteiger partial charge on any atom is -0.298 e. The molecule has 7 heteroatoms. The van der Waals surface area contributed by atoms with Crippen LogP contribution in [-0.4, -0.2) is 28.6 Å². The molecule has 0 aromatic heterocycles. The molecule has 0 N–H and O–H groups in total. The molecule has 0 aromatic carbocycles. The van der Waals surface area contributed by atoms with Crippen molar-refractivity contribution in [3.63, 3.8) is 0 Å². The minimum absolute atomic E-state index is 0.125. The molecule has 1 fully saturated rings. The average molecular weight is 477 g/mol. The van der Waals surface area contributed by atoms with Gasteiger partial charge in [0.15, 0.2) is 0 Å². The Labute approximate surface area is 202 Å². The van der Waals surface area contributed by atoms with E-state index in [0.29, 0.717) is 12.3 Å². The largest absolute Gasteiger partial charge is 0.342 e. The molecule has 0 heterocycles. The van der Waals surface area contributed by atoms with Gasteiger partial charge in [0.05, 0.1) is 11.2 Å². The van der Waals surface area contributed by atoms with Gasteiger partial charge in [0.1, 0.15) is 5.60 Å². The first-order valence-corrected chi connectivity index (χ1v) is 12.3. The number of rotatable bonds is 8. The Hall–Kier alpha value is -0.730. The van der Waals surface area contributed by atoms with E-state index >= 15 is 0 Å². The molecule has 198 valence electrons. The van der Waals surface area contributed by atoms with Crippen LogP contribution in [0.2, 0.25) is 0 Å². The summed E-state index contributed by atoms with van der Waals surface area (Å²) < 4.78 is 0. The van der Waals surface area contributed by atoms with Crippen LogP contribution >= 0.6 is 0 Å². The molecule has 1 aliphatic rings. The summed E-state index contributed by atoms with van der Waals surface area (Å²) in [5, 5.41) is 0. The Morgan fingerprint density at radius 3 is 1.64 bits per heavy atom. The third-order valence-electron chi connectivity index (χ3n) is 4.31. The predicted molar refractivity (Wildman–Crippen MR) is 130 cm³/mol. The fourth-order valence-electron chi connectivity index (χ4n) is 3.50. The van der Waals surface area contributed by atoms with Crippen molar-refractivity contribution in [3.05, 3.63) is 0 Å². The first-order chi connectivity index (χ1) is 14.7. The topological polar surface area (TPSA) is 72.5 Å². The standard InChI is InChI=1S/C17H34O4.C9H18O3/c1-13-10-16(8,9)12-17(11-13,20-18-14(2,3)4)21-19-15(5,6)7;1-5-6-7-8(10)11-12-9(2,3)4/h13H,10-12H2,1-9H3;5-7H2,1-4H3. The normalized spacial score (nSPS) is 20.6. The van der Waals surface area contributed by atoms with Crippen molar-refractivity contribution >= 4 is 5.97 Å². The van der Waals surface area contributed by atoms with E-state index in [4.69, 9.17) is 24.4 Å². The molecule has 1 saturated carbocycles. The lowest BCUT2D eigenvalue weighted by molar-refractivity contribution is -0.551. The van der Waals surface area contributed by atoms with E-state index < -0.39 is 11.4 Å². The molecule has 0 bridgehead atoms. The zero-order valence-electron chi connectivity index (χ0n) is 23.7. The third-order valence-corrected chi connectivity index (χ3v) is 4.31. The molecule has 1 unspecified atom stereocenters. The lowest BCUT2D eigenvalue weighted by Gasteiger charge is -2.46. The molecular weight excluding hydrogens is 424 g/mol. The van der Waals surface area contributed by atoms with Crippen LogP contribution < -0.4 is 0 Å². The number of unbranched alkanes of at least 4 members (excludes halogenated alkanes) is 1. The Morgan fingerprint density at radius 1 is 0.818 bits per heavy atom. The van der Waals surface area contributed by atoms with Gasteiger partial charge in [-0.15, -0.1) is 0 Å². The van der Waals surface area contributed by atoms with Crippen LogP contribution in [0.3, 0.4) is 0 Å². The second-order valence-corrected chi connectivity index (χ2v) is 13.1. The van der Waals surface area contributed by atoms with Gasteiger partial charge in [-0.25, -0.2) is 14.6 Å². The number of carbonyl (C=O) groups excluding carboxylic acids is 1. The predicted octanol–water partition coefficient (Wildman–Crippen LogP) is 7.47. The van der Waals surface area contributed by atoms with E-state index in [1.165, 1.54) is 0 Å². The third kappa shape index (κ3) is 17.4. The van der Waals surface area contributed by atoms with E-state index in [9.17, 15) is 4.79 Å². The lowest BCUT2D eigenvalue weighted by Crippen LogP contribution is -2.48. The summed E-state index contributed by atoms with van der Waals surface area (Å²) in [5.74, 6) is -0.644. The zero-order chi connectivity index (χ0) is 26.1. The molecule has 0 aliphatic heterocycles. The van der Waals surface area contributed by atoms with Crippen LogP contribution in [0.1, 0.15) is 129 Å².